The maximum atomic E-state index is 13.0. The zero-order valence-corrected chi connectivity index (χ0v) is 19.0. The first kappa shape index (κ1) is 22.1. The molecule has 0 bridgehead atoms. The van der Waals surface area contributed by atoms with Crippen molar-refractivity contribution >= 4 is 50.8 Å². The van der Waals surface area contributed by atoms with Crippen molar-refractivity contribution in [1.82, 2.24) is 10.3 Å². The quantitative estimate of drug-likeness (QED) is 0.489. The molecule has 0 unspecified atom stereocenters. The maximum absolute atomic E-state index is 13.0. The van der Waals surface area contributed by atoms with Crippen molar-refractivity contribution in [3.63, 3.8) is 0 Å². The second-order valence-corrected chi connectivity index (χ2v) is 9.06. The number of para-hydroxylation sites is 1. The highest BCUT2D eigenvalue weighted by Crippen LogP contribution is 2.30. The molecule has 3 rings (SSSR count). The van der Waals surface area contributed by atoms with Gasteiger partial charge in [-0.3, -0.25) is 9.59 Å². The van der Waals surface area contributed by atoms with Crippen LogP contribution in [0.1, 0.15) is 31.1 Å². The smallest absolute Gasteiger partial charge is 0.255 e. The first-order valence-corrected chi connectivity index (χ1v) is 11.7. The van der Waals surface area contributed by atoms with E-state index in [0.717, 1.165) is 14.6 Å². The van der Waals surface area contributed by atoms with E-state index in [0.29, 0.717) is 23.6 Å². The van der Waals surface area contributed by atoms with Crippen molar-refractivity contribution < 1.29 is 14.3 Å². The number of carbonyl (C=O) groups is 2. The third-order valence-electron chi connectivity index (χ3n) is 4.48. The molecular formula is C22H25N3O3S2. The number of amides is 2. The van der Waals surface area contributed by atoms with Crippen LogP contribution < -0.4 is 15.4 Å². The SMILES string of the molecule is CCOc1ccccc1C(=O)N[C@@H](C(=O)Nc1ccc2nc(SC)sc2c1)C(C)C. The van der Waals surface area contributed by atoms with Crippen LogP contribution in [0.2, 0.25) is 0 Å². The third kappa shape index (κ3) is 5.12. The summed E-state index contributed by atoms with van der Waals surface area (Å²) in [5.41, 5.74) is 2.00. The molecule has 2 N–H and O–H groups in total. The fourth-order valence-electron chi connectivity index (χ4n) is 2.98. The van der Waals surface area contributed by atoms with Crippen molar-refractivity contribution in [2.24, 2.45) is 5.92 Å². The molecule has 0 radical (unpaired) electrons. The number of fused-ring (bicyclic) bond motifs is 1. The van der Waals surface area contributed by atoms with Crippen LogP contribution >= 0.6 is 23.1 Å². The molecule has 2 aromatic carbocycles. The Labute approximate surface area is 184 Å². The first-order chi connectivity index (χ1) is 14.4. The predicted octanol–water partition coefficient (Wildman–Crippen LogP) is 4.81. The molecule has 2 amide bonds. The normalized spacial score (nSPS) is 12.0. The third-order valence-corrected chi connectivity index (χ3v) is 6.48. The molecule has 8 heteroatoms. The van der Waals surface area contributed by atoms with Crippen LogP contribution in [0.15, 0.2) is 46.8 Å². The molecule has 1 heterocycles. The Balaban J connectivity index is 1.76. The van der Waals surface area contributed by atoms with Crippen LogP contribution in [0, 0.1) is 5.92 Å². The predicted molar refractivity (Wildman–Crippen MR) is 124 cm³/mol. The van der Waals surface area contributed by atoms with Crippen molar-refractivity contribution in [2.45, 2.75) is 31.2 Å². The average molecular weight is 444 g/mol. The number of thiazole rings is 1. The minimum absolute atomic E-state index is 0.0940. The minimum atomic E-state index is -0.689. The summed E-state index contributed by atoms with van der Waals surface area (Å²) in [4.78, 5) is 30.3. The molecule has 3 aromatic rings. The topological polar surface area (TPSA) is 80.3 Å². The van der Waals surface area contributed by atoms with E-state index >= 15 is 0 Å². The Bertz CT molecular complexity index is 1050. The van der Waals surface area contributed by atoms with Crippen LogP contribution in [0.5, 0.6) is 5.75 Å². The molecule has 1 aromatic heterocycles. The summed E-state index contributed by atoms with van der Waals surface area (Å²) >= 11 is 3.18. The Kier molecular flexibility index (Phi) is 7.33. The zero-order valence-electron chi connectivity index (χ0n) is 17.4. The average Bonchev–Trinajstić information content (AvgIpc) is 3.14. The lowest BCUT2D eigenvalue weighted by Crippen LogP contribution is -2.47. The summed E-state index contributed by atoms with van der Waals surface area (Å²) in [6.45, 7) is 6.12. The van der Waals surface area contributed by atoms with E-state index in [2.05, 4.69) is 15.6 Å². The lowest BCUT2D eigenvalue weighted by atomic mass is 10.0. The molecule has 0 saturated carbocycles. The maximum Gasteiger partial charge on any atom is 0.255 e. The highest BCUT2D eigenvalue weighted by Gasteiger charge is 2.26. The number of nitrogens with one attached hydrogen (secondary N) is 2. The van der Waals surface area contributed by atoms with Crippen LogP contribution in [0.25, 0.3) is 10.2 Å². The summed E-state index contributed by atoms with van der Waals surface area (Å²) < 4.78 is 7.53. The Morgan fingerprint density at radius 2 is 1.97 bits per heavy atom. The number of anilines is 1. The number of benzene rings is 2. The largest absolute Gasteiger partial charge is 0.493 e. The van der Waals surface area contributed by atoms with Gasteiger partial charge in [0.15, 0.2) is 4.34 Å². The van der Waals surface area contributed by atoms with Crippen LogP contribution in [-0.2, 0) is 4.79 Å². The number of aromatic nitrogens is 1. The molecule has 158 valence electrons. The molecule has 1 atom stereocenters. The summed E-state index contributed by atoms with van der Waals surface area (Å²) in [5, 5.41) is 5.78. The molecule has 30 heavy (non-hydrogen) atoms. The molecular weight excluding hydrogens is 418 g/mol. The van der Waals surface area contributed by atoms with Gasteiger partial charge in [-0.25, -0.2) is 4.98 Å². The summed E-state index contributed by atoms with van der Waals surface area (Å²) in [6.07, 6.45) is 1.99. The number of hydrogen-bond acceptors (Lipinski definition) is 6. The van der Waals surface area contributed by atoms with E-state index in [-0.39, 0.29) is 17.7 Å². The van der Waals surface area contributed by atoms with Crippen molar-refractivity contribution in [2.75, 3.05) is 18.2 Å². The zero-order chi connectivity index (χ0) is 21.7. The number of nitrogens with zero attached hydrogens (tertiary/aromatic N) is 1. The molecule has 0 spiro atoms. The number of hydrogen-bond donors (Lipinski definition) is 2. The lowest BCUT2D eigenvalue weighted by molar-refractivity contribution is -0.118. The van der Waals surface area contributed by atoms with Crippen LogP contribution in [0.3, 0.4) is 0 Å². The lowest BCUT2D eigenvalue weighted by Gasteiger charge is -2.22. The van der Waals surface area contributed by atoms with Gasteiger partial charge in [0.25, 0.3) is 5.91 Å². The van der Waals surface area contributed by atoms with Gasteiger partial charge in [0.1, 0.15) is 11.8 Å². The number of ether oxygens (including phenoxy) is 1. The standard InChI is InChI=1S/C22H25N3O3S2/c1-5-28-17-9-7-6-8-15(17)20(26)25-19(13(2)3)21(27)23-14-10-11-16-18(12-14)30-22(24-16)29-4/h6-13,19H,5H2,1-4H3,(H,23,27)(H,25,26)/t19-/m1/s1. The molecule has 0 saturated heterocycles. The molecule has 0 aliphatic carbocycles. The summed E-state index contributed by atoms with van der Waals surface area (Å²) in [7, 11) is 0. The Morgan fingerprint density at radius 3 is 2.67 bits per heavy atom. The van der Waals surface area contributed by atoms with Gasteiger partial charge in [0, 0.05) is 5.69 Å². The summed E-state index contributed by atoms with van der Waals surface area (Å²) in [5.74, 6) is -0.194. The van der Waals surface area contributed by atoms with Gasteiger partial charge in [-0.1, -0.05) is 37.7 Å². The second kappa shape index (κ2) is 9.95. The van der Waals surface area contributed by atoms with Gasteiger partial charge in [-0.15, -0.1) is 11.3 Å². The van der Waals surface area contributed by atoms with E-state index < -0.39 is 6.04 Å². The Morgan fingerprint density at radius 1 is 1.20 bits per heavy atom. The molecule has 6 nitrogen and oxygen atoms in total. The molecule has 0 aliphatic heterocycles. The van der Waals surface area contributed by atoms with Crippen LogP contribution in [0.4, 0.5) is 5.69 Å². The van der Waals surface area contributed by atoms with Gasteiger partial charge in [0.2, 0.25) is 5.91 Å². The van der Waals surface area contributed by atoms with Gasteiger partial charge in [-0.05, 0) is 49.4 Å². The monoisotopic (exact) mass is 443 g/mol. The fraction of sp³-hybridized carbons (Fsp3) is 0.318. The van der Waals surface area contributed by atoms with E-state index in [1.165, 1.54) is 0 Å². The number of thioether (sulfide) groups is 1. The summed E-state index contributed by atoms with van der Waals surface area (Å²) in [6, 6.07) is 12.0. The van der Waals surface area contributed by atoms with Crippen molar-refractivity contribution in [1.29, 1.82) is 0 Å². The molecule has 0 fully saturated rings. The number of carbonyl (C=O) groups excluding carboxylic acids is 2. The van der Waals surface area contributed by atoms with E-state index in [9.17, 15) is 9.59 Å². The highest BCUT2D eigenvalue weighted by atomic mass is 32.2. The highest BCUT2D eigenvalue weighted by molar-refractivity contribution is 8.00. The van der Waals surface area contributed by atoms with Crippen molar-refractivity contribution in [3.05, 3.63) is 48.0 Å². The van der Waals surface area contributed by atoms with Crippen molar-refractivity contribution in [3.8, 4) is 5.75 Å². The first-order valence-electron chi connectivity index (χ1n) is 9.71. The molecule has 0 aliphatic rings. The minimum Gasteiger partial charge on any atom is -0.493 e. The van der Waals surface area contributed by atoms with E-state index in [4.69, 9.17) is 4.74 Å². The van der Waals surface area contributed by atoms with Gasteiger partial charge >= 0.3 is 0 Å². The van der Waals surface area contributed by atoms with E-state index in [1.54, 1.807) is 41.3 Å². The second-order valence-electron chi connectivity index (χ2n) is 6.98. The van der Waals surface area contributed by atoms with Gasteiger partial charge in [0.05, 0.1) is 22.4 Å². The number of rotatable bonds is 8. The van der Waals surface area contributed by atoms with Crippen LogP contribution in [-0.4, -0.2) is 35.7 Å². The fourth-order valence-corrected chi connectivity index (χ4v) is 4.51. The van der Waals surface area contributed by atoms with Gasteiger partial charge in [-0.2, -0.15) is 0 Å². The van der Waals surface area contributed by atoms with Gasteiger partial charge < -0.3 is 15.4 Å². The van der Waals surface area contributed by atoms with E-state index in [1.807, 2.05) is 51.3 Å². The Hall–Kier alpha value is -2.58.